The molecule has 0 saturated carbocycles. The molecule has 0 unspecified atom stereocenters. The van der Waals surface area contributed by atoms with Crippen LogP contribution in [0.15, 0.2) is 30.3 Å². The molecule has 0 aliphatic carbocycles. The van der Waals surface area contributed by atoms with Crippen molar-refractivity contribution in [3.63, 3.8) is 0 Å². The van der Waals surface area contributed by atoms with Gasteiger partial charge in [0.25, 0.3) is 11.6 Å². The van der Waals surface area contributed by atoms with E-state index in [-0.39, 0.29) is 22.2 Å². The van der Waals surface area contributed by atoms with E-state index < -0.39 is 10.8 Å². The van der Waals surface area contributed by atoms with Crippen molar-refractivity contribution in [2.24, 2.45) is 0 Å². The normalized spacial score (nSPS) is 16.0. The predicted octanol–water partition coefficient (Wildman–Crippen LogP) is 3.93. The summed E-state index contributed by atoms with van der Waals surface area (Å²) in [5, 5.41) is 14.9. The van der Waals surface area contributed by atoms with Crippen molar-refractivity contribution >= 4 is 40.5 Å². The number of likely N-dealkylation sites (tertiary alicyclic amines) is 1. The molecule has 2 aliphatic heterocycles. The van der Waals surface area contributed by atoms with E-state index >= 15 is 0 Å². The maximum absolute atomic E-state index is 12.7. The van der Waals surface area contributed by atoms with Crippen LogP contribution in [-0.4, -0.2) is 67.5 Å². The Balaban J connectivity index is 1.41. The van der Waals surface area contributed by atoms with Crippen molar-refractivity contribution < 1.29 is 14.5 Å². The van der Waals surface area contributed by atoms with E-state index in [1.807, 2.05) is 4.90 Å². The van der Waals surface area contributed by atoms with Gasteiger partial charge in [0.1, 0.15) is 5.69 Å². The summed E-state index contributed by atoms with van der Waals surface area (Å²) in [4.78, 5) is 41.9. The molecule has 0 spiro atoms. The molecular weight excluding hydrogens is 482 g/mol. The van der Waals surface area contributed by atoms with Crippen molar-refractivity contribution in [2.45, 2.75) is 33.1 Å². The van der Waals surface area contributed by atoms with Crippen LogP contribution < -0.4 is 15.1 Å². The van der Waals surface area contributed by atoms with Crippen molar-refractivity contribution in [1.29, 1.82) is 0 Å². The lowest BCUT2D eigenvalue weighted by molar-refractivity contribution is -0.384. The maximum atomic E-state index is 12.7. The van der Waals surface area contributed by atoms with E-state index in [4.69, 9.17) is 11.6 Å². The summed E-state index contributed by atoms with van der Waals surface area (Å²) in [7, 11) is 0. The number of nitrogens with one attached hydrogen (secondary N) is 1. The summed E-state index contributed by atoms with van der Waals surface area (Å²) < 4.78 is 0. The highest BCUT2D eigenvalue weighted by molar-refractivity contribution is 6.34. The largest absolute Gasteiger partial charge is 0.368 e. The third-order valence-electron chi connectivity index (χ3n) is 6.89. The smallest absolute Gasteiger partial charge is 0.293 e. The molecule has 2 amide bonds. The number of carbonyl (C=O) groups excluding carboxylic acids is 2. The van der Waals surface area contributed by atoms with Gasteiger partial charge < -0.3 is 20.0 Å². The highest BCUT2D eigenvalue weighted by atomic mass is 35.5. The number of hydrogen-bond donors (Lipinski definition) is 1. The number of hydrogen-bond acceptors (Lipinski definition) is 6. The Hall–Kier alpha value is -3.33. The summed E-state index contributed by atoms with van der Waals surface area (Å²) in [5.41, 5.74) is 3.95. The second-order valence-electron chi connectivity index (χ2n) is 9.44. The number of rotatable bonds is 8. The molecule has 1 N–H and O–H groups in total. The van der Waals surface area contributed by atoms with Crippen LogP contribution in [0.25, 0.3) is 0 Å². The van der Waals surface area contributed by atoms with E-state index in [1.54, 1.807) is 4.90 Å². The monoisotopic (exact) mass is 513 g/mol. The zero-order valence-corrected chi connectivity index (χ0v) is 21.5. The summed E-state index contributed by atoms with van der Waals surface area (Å²) in [5.74, 6) is -0.312. The number of benzene rings is 2. The Morgan fingerprint density at radius 1 is 1.06 bits per heavy atom. The Bertz CT molecular complexity index is 1160. The van der Waals surface area contributed by atoms with Gasteiger partial charge in [0.05, 0.1) is 15.5 Å². The average molecular weight is 514 g/mol. The molecule has 2 heterocycles. The minimum absolute atomic E-state index is 0.0818. The minimum atomic E-state index is -0.460. The number of anilines is 2. The third kappa shape index (κ3) is 5.73. The Morgan fingerprint density at radius 3 is 2.39 bits per heavy atom. The molecule has 2 aliphatic rings. The number of nitrogens with zero attached hydrogens (tertiary/aromatic N) is 4. The van der Waals surface area contributed by atoms with E-state index in [1.165, 1.54) is 28.9 Å². The molecule has 0 atom stereocenters. The van der Waals surface area contributed by atoms with E-state index in [0.717, 1.165) is 26.1 Å². The quantitative estimate of drug-likeness (QED) is 0.326. The number of nitro benzene ring substituents is 1. The number of carbonyl (C=O) groups is 2. The molecule has 9 nitrogen and oxygen atoms in total. The van der Waals surface area contributed by atoms with Gasteiger partial charge in [-0.3, -0.25) is 19.7 Å². The molecule has 2 aromatic rings. The molecule has 10 heteroatoms. The van der Waals surface area contributed by atoms with Gasteiger partial charge in [0.15, 0.2) is 0 Å². The number of nitro groups is 1. The lowest BCUT2D eigenvalue weighted by atomic mass is 10.1. The van der Waals surface area contributed by atoms with E-state index in [0.29, 0.717) is 44.7 Å². The first-order valence-corrected chi connectivity index (χ1v) is 12.7. The maximum Gasteiger partial charge on any atom is 0.293 e. The highest BCUT2D eigenvalue weighted by Gasteiger charge is 2.28. The zero-order valence-electron chi connectivity index (χ0n) is 20.8. The summed E-state index contributed by atoms with van der Waals surface area (Å²) in [6.45, 7) is 8.50. The number of piperazine rings is 1. The molecule has 2 fully saturated rings. The van der Waals surface area contributed by atoms with Gasteiger partial charge in [-0.25, -0.2) is 0 Å². The van der Waals surface area contributed by atoms with Gasteiger partial charge in [-0.1, -0.05) is 23.7 Å². The first-order chi connectivity index (χ1) is 17.2. The second-order valence-corrected chi connectivity index (χ2v) is 9.84. The molecule has 0 radical (unpaired) electrons. The van der Waals surface area contributed by atoms with Crippen LogP contribution in [-0.2, 0) is 4.79 Å². The average Bonchev–Trinajstić information content (AvgIpc) is 3.27. The van der Waals surface area contributed by atoms with Gasteiger partial charge in [-0.05, 0) is 49.9 Å². The van der Waals surface area contributed by atoms with Crippen LogP contribution in [0.4, 0.5) is 17.1 Å². The molecule has 2 aromatic carbocycles. The molecule has 2 saturated heterocycles. The molecule has 0 aromatic heterocycles. The lowest BCUT2D eigenvalue weighted by Crippen LogP contribution is -2.47. The first kappa shape index (κ1) is 25.8. The van der Waals surface area contributed by atoms with Crippen LogP contribution in [0.1, 0.15) is 40.7 Å². The molecule has 36 heavy (non-hydrogen) atoms. The van der Waals surface area contributed by atoms with Gasteiger partial charge in [-0.2, -0.15) is 0 Å². The highest BCUT2D eigenvalue weighted by Crippen LogP contribution is 2.35. The standard InChI is InChI=1S/C26H32ClN5O4/c1-18-6-7-19(2)22(15-18)29-11-13-30(14-12-29)23-17-21(27)20(16-24(23)32(35)36)26(34)28-8-4-10-31-9-3-5-25(31)33/h6-7,15-17H,3-5,8-14H2,1-2H3,(H,28,34)/i26+0. The van der Waals surface area contributed by atoms with Crippen LogP contribution in [0.3, 0.4) is 0 Å². The van der Waals surface area contributed by atoms with Crippen LogP contribution in [0.5, 0.6) is 0 Å². The SMILES string of the molecule is Cc1ccc(C)c(N2CCN(c3cc(Cl)c([12C](=O)NCCCN4CCCC4=O)cc3[N+](=O)[O-])CC2)c1. The topological polar surface area (TPSA) is 99.0 Å². The van der Waals surface area contributed by atoms with Crippen molar-refractivity contribution in [1.82, 2.24) is 10.2 Å². The molecule has 4 rings (SSSR count). The van der Waals surface area contributed by atoms with Crippen LogP contribution >= 0.6 is 11.6 Å². The molecular formula is C26H32ClN5O4. The Labute approximate surface area is 216 Å². The van der Waals surface area contributed by atoms with Gasteiger partial charge in [0.2, 0.25) is 5.91 Å². The number of amides is 2. The lowest BCUT2D eigenvalue weighted by Gasteiger charge is -2.38. The van der Waals surface area contributed by atoms with Crippen molar-refractivity contribution in [2.75, 3.05) is 55.6 Å². The summed E-state index contributed by atoms with van der Waals surface area (Å²) in [6, 6.07) is 9.17. The van der Waals surface area contributed by atoms with Gasteiger partial charge in [-0.15, -0.1) is 0 Å². The predicted molar refractivity (Wildman–Crippen MR) is 141 cm³/mol. The fourth-order valence-electron chi connectivity index (χ4n) is 4.88. The Kier molecular flexibility index (Phi) is 7.98. The number of aryl methyl sites for hydroxylation is 2. The third-order valence-corrected chi connectivity index (χ3v) is 7.21. The summed E-state index contributed by atoms with van der Waals surface area (Å²) in [6.07, 6.45) is 2.07. The van der Waals surface area contributed by atoms with Crippen molar-refractivity contribution in [3.8, 4) is 0 Å². The second kappa shape index (κ2) is 11.2. The number of halogens is 1. The zero-order chi connectivity index (χ0) is 25.8. The van der Waals surface area contributed by atoms with Crippen LogP contribution in [0, 0.1) is 24.0 Å². The van der Waals surface area contributed by atoms with Crippen LogP contribution in [0.2, 0.25) is 5.02 Å². The fourth-order valence-corrected chi connectivity index (χ4v) is 5.12. The summed E-state index contributed by atoms with van der Waals surface area (Å²) >= 11 is 6.45. The van der Waals surface area contributed by atoms with E-state index in [9.17, 15) is 19.7 Å². The fraction of sp³-hybridized carbons (Fsp3) is 0.462. The minimum Gasteiger partial charge on any atom is -0.368 e. The first-order valence-electron chi connectivity index (χ1n) is 12.4. The van der Waals surface area contributed by atoms with Gasteiger partial charge >= 0.3 is 0 Å². The Morgan fingerprint density at radius 2 is 1.75 bits per heavy atom. The molecule has 0 bridgehead atoms. The molecule has 192 valence electrons. The van der Waals surface area contributed by atoms with E-state index in [2.05, 4.69) is 42.3 Å². The van der Waals surface area contributed by atoms with Crippen molar-refractivity contribution in [3.05, 3.63) is 62.2 Å². The van der Waals surface area contributed by atoms with Gasteiger partial charge in [0, 0.05) is 64.0 Å².